The molecule has 3 heterocycles. The van der Waals surface area contributed by atoms with Gasteiger partial charge < -0.3 is 4.90 Å². The van der Waals surface area contributed by atoms with Gasteiger partial charge in [-0.25, -0.2) is 4.39 Å². The first-order valence-corrected chi connectivity index (χ1v) is 10.8. The van der Waals surface area contributed by atoms with Crippen LogP contribution in [0.25, 0.3) is 10.7 Å². The second kappa shape index (κ2) is 8.74. The lowest BCUT2D eigenvalue weighted by Crippen LogP contribution is -2.49. The van der Waals surface area contributed by atoms with Crippen molar-refractivity contribution in [2.24, 2.45) is 0 Å². The number of nitrogens with zero attached hydrogens (tertiary/aromatic N) is 4. The first kappa shape index (κ1) is 20.2. The van der Waals surface area contributed by atoms with Crippen molar-refractivity contribution in [3.63, 3.8) is 0 Å². The van der Waals surface area contributed by atoms with Crippen molar-refractivity contribution in [2.75, 3.05) is 26.2 Å². The largest absolute Gasteiger partial charge is 0.339 e. The maximum atomic E-state index is 14.0. The van der Waals surface area contributed by atoms with Gasteiger partial charge in [0.2, 0.25) is 5.91 Å². The van der Waals surface area contributed by atoms with E-state index in [1.165, 1.54) is 6.07 Å². The molecule has 3 aromatic rings. The molecule has 152 valence electrons. The highest BCUT2D eigenvalue weighted by atomic mass is 35.5. The third kappa shape index (κ3) is 4.42. The molecule has 6 nitrogen and oxygen atoms in total. The van der Waals surface area contributed by atoms with E-state index in [0.29, 0.717) is 53.9 Å². The summed E-state index contributed by atoms with van der Waals surface area (Å²) in [5, 5.41) is 9.42. The topological polar surface area (TPSA) is 57.2 Å². The summed E-state index contributed by atoms with van der Waals surface area (Å²) < 4.78 is 16.2. The number of H-pyrrole nitrogens is 1. The van der Waals surface area contributed by atoms with Crippen LogP contribution in [0.4, 0.5) is 4.39 Å². The van der Waals surface area contributed by atoms with Gasteiger partial charge in [0.15, 0.2) is 10.6 Å². The molecule has 1 amide bonds. The van der Waals surface area contributed by atoms with Gasteiger partial charge in [0.1, 0.15) is 12.4 Å². The van der Waals surface area contributed by atoms with Gasteiger partial charge in [-0.1, -0.05) is 23.7 Å². The molecule has 10 heteroatoms. The van der Waals surface area contributed by atoms with Gasteiger partial charge in [-0.3, -0.25) is 19.4 Å². The average Bonchev–Trinajstić information content (AvgIpc) is 3.36. The van der Waals surface area contributed by atoms with Crippen LogP contribution in [0.2, 0.25) is 5.02 Å². The minimum atomic E-state index is -0.300. The van der Waals surface area contributed by atoms with E-state index in [0.717, 1.165) is 4.88 Å². The number of carbonyl (C=O) groups is 1. The van der Waals surface area contributed by atoms with Crippen molar-refractivity contribution < 1.29 is 9.18 Å². The molecule has 0 unspecified atom stereocenters. The molecule has 0 saturated carbocycles. The molecule has 0 radical (unpaired) electrons. The van der Waals surface area contributed by atoms with E-state index in [9.17, 15) is 9.18 Å². The fourth-order valence-corrected chi connectivity index (χ4v) is 4.50. The Balaban J connectivity index is 1.38. The van der Waals surface area contributed by atoms with Crippen LogP contribution in [0.3, 0.4) is 0 Å². The van der Waals surface area contributed by atoms with Crippen LogP contribution < -0.4 is 0 Å². The molecule has 0 aliphatic carbocycles. The monoisotopic (exact) mass is 451 g/mol. The van der Waals surface area contributed by atoms with E-state index in [1.807, 2.05) is 22.4 Å². The molecule has 1 aliphatic heterocycles. The van der Waals surface area contributed by atoms with Crippen molar-refractivity contribution in [3.05, 3.63) is 56.9 Å². The summed E-state index contributed by atoms with van der Waals surface area (Å²) in [6.07, 6.45) is 0. The van der Waals surface area contributed by atoms with Crippen molar-refractivity contribution in [1.29, 1.82) is 0 Å². The summed E-state index contributed by atoms with van der Waals surface area (Å²) in [6.45, 7) is 3.04. The molecule has 0 atom stereocenters. The summed E-state index contributed by atoms with van der Waals surface area (Å²) in [7, 11) is 0. The first-order chi connectivity index (χ1) is 14.0. The Morgan fingerprint density at radius 1 is 1.24 bits per heavy atom. The quantitative estimate of drug-likeness (QED) is 0.599. The van der Waals surface area contributed by atoms with E-state index in [2.05, 4.69) is 15.1 Å². The van der Waals surface area contributed by atoms with Crippen LogP contribution in [0.5, 0.6) is 0 Å². The third-order valence-electron chi connectivity index (χ3n) is 4.96. The molecule has 1 fully saturated rings. The lowest BCUT2D eigenvalue weighted by atomic mass is 10.2. The summed E-state index contributed by atoms with van der Waals surface area (Å²) in [5.41, 5.74) is 0.499. The standard InChI is InChI=1S/C19H19ClFN5OS2/c20-14-3-1-4-15(21)13(14)11-24-6-8-25(9-7-24)17(27)12-26-18(22-23-19(26)28)16-5-2-10-29-16/h1-5,10H,6-9,11-12H2,(H,23,28). The van der Waals surface area contributed by atoms with E-state index in [-0.39, 0.29) is 18.3 Å². The van der Waals surface area contributed by atoms with E-state index in [4.69, 9.17) is 23.8 Å². The predicted octanol–water partition coefficient (Wildman–Crippen LogP) is 3.81. The molecule has 1 aliphatic rings. The molecule has 0 spiro atoms. The van der Waals surface area contributed by atoms with E-state index in [1.54, 1.807) is 28.0 Å². The lowest BCUT2D eigenvalue weighted by molar-refractivity contribution is -0.133. The van der Waals surface area contributed by atoms with Crippen molar-refractivity contribution in [1.82, 2.24) is 24.6 Å². The Hall–Kier alpha value is -2.07. The Bertz CT molecular complexity index is 1040. The molecule has 1 saturated heterocycles. The lowest BCUT2D eigenvalue weighted by Gasteiger charge is -2.35. The number of halogens is 2. The maximum absolute atomic E-state index is 14.0. The smallest absolute Gasteiger partial charge is 0.242 e. The van der Waals surface area contributed by atoms with Gasteiger partial charge in [0.05, 0.1) is 4.88 Å². The molecule has 1 aromatic carbocycles. The number of carbonyl (C=O) groups excluding carboxylic acids is 1. The Kier molecular flexibility index (Phi) is 6.09. The fourth-order valence-electron chi connectivity index (χ4n) is 3.36. The van der Waals surface area contributed by atoms with Crippen LogP contribution in [0, 0.1) is 10.6 Å². The number of aromatic nitrogens is 3. The molecule has 0 bridgehead atoms. The van der Waals surface area contributed by atoms with Crippen LogP contribution in [-0.2, 0) is 17.9 Å². The molecule has 29 heavy (non-hydrogen) atoms. The molecule has 1 N–H and O–H groups in total. The Labute approximate surface area is 181 Å². The number of aromatic amines is 1. The minimum absolute atomic E-state index is 0.0103. The van der Waals surface area contributed by atoms with Crippen molar-refractivity contribution in [3.8, 4) is 10.7 Å². The van der Waals surface area contributed by atoms with E-state index < -0.39 is 0 Å². The van der Waals surface area contributed by atoms with E-state index >= 15 is 0 Å². The number of hydrogen-bond donors (Lipinski definition) is 1. The molecular formula is C19H19ClFN5OS2. The van der Waals surface area contributed by atoms with Crippen LogP contribution >= 0.6 is 35.2 Å². The predicted molar refractivity (Wildman–Crippen MR) is 114 cm³/mol. The zero-order chi connectivity index (χ0) is 20.4. The number of hydrogen-bond acceptors (Lipinski definition) is 5. The van der Waals surface area contributed by atoms with Gasteiger partial charge in [-0.2, -0.15) is 5.10 Å². The number of amides is 1. The number of nitrogens with one attached hydrogen (secondary N) is 1. The average molecular weight is 452 g/mol. The maximum Gasteiger partial charge on any atom is 0.242 e. The molecule has 4 rings (SSSR count). The van der Waals surface area contributed by atoms with Crippen molar-refractivity contribution >= 4 is 41.1 Å². The van der Waals surface area contributed by atoms with Gasteiger partial charge in [0.25, 0.3) is 0 Å². The SMILES string of the molecule is O=C(Cn1c(-c2cccs2)n[nH]c1=S)N1CCN(Cc2c(F)cccc2Cl)CC1. The highest BCUT2D eigenvalue weighted by molar-refractivity contribution is 7.71. The van der Waals surface area contributed by atoms with Crippen LogP contribution in [0.15, 0.2) is 35.7 Å². The highest BCUT2D eigenvalue weighted by Gasteiger charge is 2.24. The van der Waals surface area contributed by atoms with Gasteiger partial charge in [-0.15, -0.1) is 11.3 Å². The summed E-state index contributed by atoms with van der Waals surface area (Å²) in [4.78, 5) is 17.7. The first-order valence-electron chi connectivity index (χ1n) is 9.15. The zero-order valence-electron chi connectivity index (χ0n) is 15.5. The normalized spacial score (nSPS) is 15.0. The van der Waals surface area contributed by atoms with Gasteiger partial charge in [0, 0.05) is 43.3 Å². The van der Waals surface area contributed by atoms with Crippen LogP contribution in [-0.4, -0.2) is 56.7 Å². The number of benzene rings is 1. The third-order valence-corrected chi connectivity index (χ3v) is 6.49. The van der Waals surface area contributed by atoms with Crippen LogP contribution in [0.1, 0.15) is 5.56 Å². The van der Waals surface area contributed by atoms with Gasteiger partial charge in [-0.05, 0) is 35.8 Å². The Morgan fingerprint density at radius 3 is 2.72 bits per heavy atom. The Morgan fingerprint density at radius 2 is 2.03 bits per heavy atom. The zero-order valence-corrected chi connectivity index (χ0v) is 17.9. The number of thiophene rings is 1. The fraction of sp³-hybridized carbons (Fsp3) is 0.316. The highest BCUT2D eigenvalue weighted by Crippen LogP contribution is 2.23. The summed E-state index contributed by atoms with van der Waals surface area (Å²) in [6, 6.07) is 8.59. The van der Waals surface area contributed by atoms with Crippen molar-refractivity contribution in [2.45, 2.75) is 13.1 Å². The minimum Gasteiger partial charge on any atom is -0.339 e. The number of rotatable bonds is 5. The molecule has 2 aromatic heterocycles. The van der Waals surface area contributed by atoms with Gasteiger partial charge >= 0.3 is 0 Å². The second-order valence-electron chi connectivity index (χ2n) is 6.77. The summed E-state index contributed by atoms with van der Waals surface area (Å²) >= 11 is 13.0. The number of piperazine rings is 1. The second-order valence-corrected chi connectivity index (χ2v) is 8.51. The molecular weight excluding hydrogens is 433 g/mol. The summed E-state index contributed by atoms with van der Waals surface area (Å²) in [5.74, 6) is 0.363.